The first-order valence-corrected chi connectivity index (χ1v) is 15.0. The highest BCUT2D eigenvalue weighted by Gasteiger charge is 2.39. The second-order valence-corrected chi connectivity index (χ2v) is 12.2. The summed E-state index contributed by atoms with van der Waals surface area (Å²) in [4.78, 5) is 29.7. The number of amides is 2. The van der Waals surface area contributed by atoms with Crippen molar-refractivity contribution in [1.82, 2.24) is 10.2 Å². The fourth-order valence-corrected chi connectivity index (χ4v) is 7.98. The van der Waals surface area contributed by atoms with Crippen LogP contribution in [0, 0.1) is 0 Å². The Hall–Kier alpha value is -4.21. The third kappa shape index (κ3) is 5.64. The van der Waals surface area contributed by atoms with Crippen molar-refractivity contribution in [3.05, 3.63) is 138 Å². The van der Waals surface area contributed by atoms with Gasteiger partial charge in [-0.3, -0.25) is 9.59 Å². The van der Waals surface area contributed by atoms with E-state index in [1.807, 2.05) is 97.1 Å². The molecule has 39 heavy (non-hydrogen) atoms. The summed E-state index contributed by atoms with van der Waals surface area (Å²) in [5.74, 6) is -0.734. The summed E-state index contributed by atoms with van der Waals surface area (Å²) >= 11 is 0. The standard InChI is InChI=1S/C33H31N2O3P/c36-32(27-18-8-2-9-19-27)34-30(33(37)35-24-14-5-15-25-35)31(26-16-6-1-7-17-26)39(38,28-20-10-3-11-21-28)29-22-12-4-13-23-29/h1-4,6-13,16-23H,5,14-15,24-25H2,(H,34,36). The Morgan fingerprint density at radius 3 is 1.51 bits per heavy atom. The van der Waals surface area contributed by atoms with E-state index in [4.69, 9.17) is 0 Å². The Morgan fingerprint density at radius 1 is 0.590 bits per heavy atom. The zero-order valence-electron chi connectivity index (χ0n) is 21.7. The van der Waals surface area contributed by atoms with Gasteiger partial charge in [0.1, 0.15) is 5.70 Å². The number of piperidine rings is 1. The topological polar surface area (TPSA) is 66.5 Å². The number of hydrogen-bond donors (Lipinski definition) is 1. The first kappa shape index (κ1) is 26.4. The molecule has 196 valence electrons. The zero-order valence-corrected chi connectivity index (χ0v) is 22.6. The molecule has 2 amide bonds. The van der Waals surface area contributed by atoms with Gasteiger partial charge in [0.25, 0.3) is 11.8 Å². The SMILES string of the molecule is O=C(NC(C(=O)N1CCCCC1)=C(c1ccccc1)P(=O)(c1ccccc1)c1ccccc1)c1ccccc1. The summed E-state index contributed by atoms with van der Waals surface area (Å²) in [5.41, 5.74) is 1.11. The van der Waals surface area contributed by atoms with Gasteiger partial charge in [0.2, 0.25) is 0 Å². The molecule has 4 aromatic rings. The second kappa shape index (κ2) is 12.1. The van der Waals surface area contributed by atoms with Crippen molar-refractivity contribution in [2.75, 3.05) is 13.1 Å². The number of rotatable bonds is 7. The van der Waals surface area contributed by atoms with E-state index in [1.165, 1.54) is 0 Å². The molecular weight excluding hydrogens is 503 g/mol. The van der Waals surface area contributed by atoms with Crippen molar-refractivity contribution in [1.29, 1.82) is 0 Å². The molecule has 1 aliphatic heterocycles. The van der Waals surface area contributed by atoms with Crippen LogP contribution < -0.4 is 15.9 Å². The van der Waals surface area contributed by atoms with Crippen LogP contribution in [0.2, 0.25) is 0 Å². The lowest BCUT2D eigenvalue weighted by Gasteiger charge is -2.31. The van der Waals surface area contributed by atoms with E-state index < -0.39 is 13.0 Å². The van der Waals surface area contributed by atoms with Gasteiger partial charge in [-0.2, -0.15) is 0 Å². The van der Waals surface area contributed by atoms with E-state index in [1.54, 1.807) is 29.2 Å². The minimum atomic E-state index is -3.65. The number of carbonyl (C=O) groups excluding carboxylic acids is 2. The molecule has 0 radical (unpaired) electrons. The Kier molecular flexibility index (Phi) is 8.19. The van der Waals surface area contributed by atoms with Crippen molar-refractivity contribution in [2.24, 2.45) is 0 Å². The first-order valence-electron chi connectivity index (χ1n) is 13.3. The summed E-state index contributed by atoms with van der Waals surface area (Å²) in [6.45, 7) is 1.18. The van der Waals surface area contributed by atoms with Crippen molar-refractivity contribution in [3.63, 3.8) is 0 Å². The maximum atomic E-state index is 15.7. The molecule has 0 aromatic heterocycles. The average Bonchev–Trinajstić information content (AvgIpc) is 3.02. The monoisotopic (exact) mass is 534 g/mol. The summed E-state index contributed by atoms with van der Waals surface area (Å²) < 4.78 is 15.7. The summed E-state index contributed by atoms with van der Waals surface area (Å²) in [7, 11) is -3.65. The van der Waals surface area contributed by atoms with Crippen LogP contribution in [-0.2, 0) is 9.36 Å². The third-order valence-corrected chi connectivity index (χ3v) is 10.1. The molecular formula is C33H31N2O3P. The van der Waals surface area contributed by atoms with E-state index in [0.717, 1.165) is 19.3 Å². The van der Waals surface area contributed by atoms with Gasteiger partial charge in [0, 0.05) is 29.3 Å². The van der Waals surface area contributed by atoms with Gasteiger partial charge in [-0.25, -0.2) is 0 Å². The van der Waals surface area contributed by atoms with Crippen LogP contribution in [0.4, 0.5) is 0 Å². The number of likely N-dealkylation sites (tertiary alicyclic amines) is 1. The molecule has 0 atom stereocenters. The third-order valence-electron chi connectivity index (χ3n) is 6.97. The van der Waals surface area contributed by atoms with Crippen LogP contribution >= 0.6 is 7.14 Å². The zero-order chi connectivity index (χ0) is 27.1. The quantitative estimate of drug-likeness (QED) is 0.240. The van der Waals surface area contributed by atoms with Crippen molar-refractivity contribution < 1.29 is 14.2 Å². The van der Waals surface area contributed by atoms with Crippen molar-refractivity contribution in [2.45, 2.75) is 19.3 Å². The molecule has 0 saturated carbocycles. The predicted molar refractivity (Wildman–Crippen MR) is 157 cm³/mol. The van der Waals surface area contributed by atoms with E-state index in [0.29, 0.717) is 40.1 Å². The van der Waals surface area contributed by atoms with E-state index in [9.17, 15) is 9.59 Å². The van der Waals surface area contributed by atoms with Gasteiger partial charge in [-0.1, -0.05) is 109 Å². The van der Waals surface area contributed by atoms with E-state index >= 15 is 4.57 Å². The molecule has 0 bridgehead atoms. The fraction of sp³-hybridized carbons (Fsp3) is 0.152. The minimum absolute atomic E-state index is 0.0630. The van der Waals surface area contributed by atoms with Crippen LogP contribution in [0.5, 0.6) is 0 Å². The van der Waals surface area contributed by atoms with Crippen LogP contribution in [0.25, 0.3) is 5.31 Å². The molecule has 5 rings (SSSR count). The van der Waals surface area contributed by atoms with Crippen molar-refractivity contribution >= 4 is 34.9 Å². The Labute approximate surface area is 229 Å². The van der Waals surface area contributed by atoms with Gasteiger partial charge < -0.3 is 14.8 Å². The van der Waals surface area contributed by atoms with Gasteiger partial charge in [0.15, 0.2) is 7.14 Å². The maximum absolute atomic E-state index is 15.7. The largest absolute Gasteiger partial charge is 0.337 e. The first-order chi connectivity index (χ1) is 19.1. The number of carbonyl (C=O) groups is 2. The molecule has 4 aromatic carbocycles. The molecule has 1 fully saturated rings. The highest BCUT2D eigenvalue weighted by molar-refractivity contribution is 7.87. The number of hydrogen-bond acceptors (Lipinski definition) is 3. The van der Waals surface area contributed by atoms with E-state index in [2.05, 4.69) is 5.32 Å². The van der Waals surface area contributed by atoms with E-state index in [-0.39, 0.29) is 11.6 Å². The van der Waals surface area contributed by atoms with Crippen LogP contribution in [-0.4, -0.2) is 29.8 Å². The number of benzene rings is 4. The molecule has 6 heteroatoms. The molecule has 0 unspecified atom stereocenters. The van der Waals surface area contributed by atoms with Crippen molar-refractivity contribution in [3.8, 4) is 0 Å². The van der Waals surface area contributed by atoms with Crippen LogP contribution in [0.1, 0.15) is 35.2 Å². The van der Waals surface area contributed by atoms with Gasteiger partial charge >= 0.3 is 0 Å². The maximum Gasteiger partial charge on any atom is 0.271 e. The van der Waals surface area contributed by atoms with Gasteiger partial charge in [-0.05, 0) is 37.0 Å². The Balaban J connectivity index is 1.82. The highest BCUT2D eigenvalue weighted by atomic mass is 31.2. The lowest BCUT2D eigenvalue weighted by atomic mass is 10.1. The molecule has 5 nitrogen and oxygen atoms in total. The Bertz CT molecular complexity index is 1450. The highest BCUT2D eigenvalue weighted by Crippen LogP contribution is 2.58. The predicted octanol–water partition coefficient (Wildman–Crippen LogP) is 5.81. The number of nitrogens with zero attached hydrogens (tertiary/aromatic N) is 1. The van der Waals surface area contributed by atoms with Gasteiger partial charge in [-0.15, -0.1) is 0 Å². The van der Waals surface area contributed by atoms with Crippen LogP contribution in [0.3, 0.4) is 0 Å². The smallest absolute Gasteiger partial charge is 0.271 e. The molecule has 1 saturated heterocycles. The fourth-order valence-electron chi connectivity index (χ4n) is 5.01. The molecule has 0 spiro atoms. The Morgan fingerprint density at radius 2 is 1.03 bits per heavy atom. The molecule has 1 aliphatic rings. The second-order valence-electron chi connectivity index (χ2n) is 9.54. The van der Waals surface area contributed by atoms with Gasteiger partial charge in [0.05, 0.1) is 5.31 Å². The number of nitrogens with one attached hydrogen (secondary N) is 1. The molecule has 1 N–H and O–H groups in total. The summed E-state index contributed by atoms with van der Waals surface area (Å²) in [6, 6.07) is 36.6. The molecule has 0 aliphatic carbocycles. The summed E-state index contributed by atoms with van der Waals surface area (Å²) in [6.07, 6.45) is 2.83. The minimum Gasteiger partial charge on any atom is -0.337 e. The molecule has 1 heterocycles. The summed E-state index contributed by atoms with van der Waals surface area (Å²) in [5, 5.41) is 4.47. The van der Waals surface area contributed by atoms with Crippen LogP contribution in [0.15, 0.2) is 127 Å². The normalized spacial score (nSPS) is 14.3. The lowest BCUT2D eigenvalue weighted by molar-refractivity contribution is -0.128. The lowest BCUT2D eigenvalue weighted by Crippen LogP contribution is -2.42. The average molecular weight is 535 g/mol.